The Kier molecular flexibility index (Phi) is 5.64. The lowest BCUT2D eigenvalue weighted by molar-refractivity contribution is 0.216. The fraction of sp³-hybridized carbons (Fsp3) is 0.333. The van der Waals surface area contributed by atoms with Crippen molar-refractivity contribution in [2.75, 3.05) is 19.8 Å². The van der Waals surface area contributed by atoms with Crippen molar-refractivity contribution < 1.29 is 9.47 Å². The van der Waals surface area contributed by atoms with E-state index in [1.165, 1.54) is 11.1 Å². The summed E-state index contributed by atoms with van der Waals surface area (Å²) in [5.74, 6) is 1.79. The zero-order valence-corrected chi connectivity index (χ0v) is 12.8. The van der Waals surface area contributed by atoms with E-state index in [-0.39, 0.29) is 0 Å². The average Bonchev–Trinajstić information content (AvgIpc) is 2.49. The van der Waals surface area contributed by atoms with Gasteiger partial charge in [-0.1, -0.05) is 24.3 Å². The molecule has 0 aliphatic heterocycles. The van der Waals surface area contributed by atoms with Crippen molar-refractivity contribution in [1.82, 2.24) is 0 Å². The Bertz CT molecular complexity index is 564. The molecule has 2 N–H and O–H groups in total. The zero-order valence-electron chi connectivity index (χ0n) is 12.8. The topological polar surface area (TPSA) is 44.5 Å². The summed E-state index contributed by atoms with van der Waals surface area (Å²) in [6.45, 7) is 5.85. The molecule has 0 amide bonds. The second-order valence-corrected chi connectivity index (χ2v) is 5.15. The summed E-state index contributed by atoms with van der Waals surface area (Å²) in [6, 6.07) is 14.3. The maximum atomic E-state index is 5.76. The first-order chi connectivity index (χ1) is 10.2. The summed E-state index contributed by atoms with van der Waals surface area (Å²) in [7, 11) is 0. The third-order valence-electron chi connectivity index (χ3n) is 3.31. The lowest BCUT2D eigenvalue weighted by Gasteiger charge is -2.11. The Hall–Kier alpha value is -2.00. The highest BCUT2D eigenvalue weighted by Gasteiger charge is 2.00. The maximum absolute atomic E-state index is 5.76. The molecule has 0 heterocycles. The van der Waals surface area contributed by atoms with Crippen LogP contribution in [0.3, 0.4) is 0 Å². The molecule has 2 aromatic rings. The van der Waals surface area contributed by atoms with Crippen molar-refractivity contribution in [3.05, 3.63) is 59.2 Å². The molecule has 0 radical (unpaired) electrons. The molecule has 0 fully saturated rings. The van der Waals surface area contributed by atoms with Gasteiger partial charge >= 0.3 is 0 Å². The van der Waals surface area contributed by atoms with Gasteiger partial charge in [0.05, 0.1) is 0 Å². The fourth-order valence-corrected chi connectivity index (χ4v) is 2.09. The highest BCUT2D eigenvalue weighted by Crippen LogP contribution is 2.19. The molecule has 21 heavy (non-hydrogen) atoms. The molecule has 0 saturated heterocycles. The smallest absolute Gasteiger partial charge is 0.122 e. The molecule has 0 aliphatic rings. The number of benzene rings is 2. The molecule has 0 aromatic heterocycles. The summed E-state index contributed by atoms with van der Waals surface area (Å²) >= 11 is 0. The molecule has 2 aromatic carbocycles. The van der Waals surface area contributed by atoms with E-state index in [0.717, 1.165) is 23.5 Å². The van der Waals surface area contributed by atoms with Crippen molar-refractivity contribution >= 4 is 0 Å². The van der Waals surface area contributed by atoms with Crippen LogP contribution in [0.25, 0.3) is 0 Å². The van der Waals surface area contributed by atoms with Crippen LogP contribution in [0.5, 0.6) is 11.5 Å². The Morgan fingerprint density at radius 1 is 0.905 bits per heavy atom. The lowest BCUT2D eigenvalue weighted by atomic mass is 10.1. The summed E-state index contributed by atoms with van der Waals surface area (Å²) in [5, 5.41) is 0. The first-order valence-corrected chi connectivity index (χ1v) is 7.31. The number of aryl methyl sites for hydroxylation is 2. The van der Waals surface area contributed by atoms with Crippen LogP contribution >= 0.6 is 0 Å². The number of ether oxygens (including phenoxy) is 2. The summed E-state index contributed by atoms with van der Waals surface area (Å²) in [4.78, 5) is 0. The molecule has 0 unspecified atom stereocenters. The highest BCUT2D eigenvalue weighted by atomic mass is 16.5. The monoisotopic (exact) mass is 285 g/mol. The molecule has 0 atom stereocenters. The summed E-state index contributed by atoms with van der Waals surface area (Å²) < 4.78 is 11.4. The second-order valence-electron chi connectivity index (χ2n) is 5.15. The zero-order chi connectivity index (χ0) is 15.1. The van der Waals surface area contributed by atoms with E-state index in [1.54, 1.807) is 0 Å². The van der Waals surface area contributed by atoms with Crippen LogP contribution in [0.4, 0.5) is 0 Å². The van der Waals surface area contributed by atoms with Gasteiger partial charge in [-0.3, -0.25) is 0 Å². The Labute approximate surface area is 126 Å². The minimum Gasteiger partial charge on any atom is -0.490 e. The van der Waals surface area contributed by atoms with Gasteiger partial charge in [0.1, 0.15) is 24.7 Å². The highest BCUT2D eigenvalue weighted by molar-refractivity contribution is 5.36. The van der Waals surface area contributed by atoms with E-state index >= 15 is 0 Å². The van der Waals surface area contributed by atoms with E-state index in [4.69, 9.17) is 15.2 Å². The Morgan fingerprint density at radius 2 is 1.62 bits per heavy atom. The van der Waals surface area contributed by atoms with Gasteiger partial charge in [-0.15, -0.1) is 0 Å². The van der Waals surface area contributed by atoms with Crippen molar-refractivity contribution in [1.29, 1.82) is 0 Å². The molecular formula is C18H23NO2. The number of hydrogen-bond acceptors (Lipinski definition) is 3. The average molecular weight is 285 g/mol. The molecule has 0 spiro atoms. The Balaban J connectivity index is 1.77. The van der Waals surface area contributed by atoms with Crippen LogP contribution in [-0.4, -0.2) is 19.8 Å². The predicted molar refractivity (Wildman–Crippen MR) is 86.1 cm³/mol. The first kappa shape index (κ1) is 15.4. The van der Waals surface area contributed by atoms with Gasteiger partial charge in [-0.05, 0) is 61.7 Å². The van der Waals surface area contributed by atoms with Gasteiger partial charge in [0.2, 0.25) is 0 Å². The van der Waals surface area contributed by atoms with E-state index < -0.39 is 0 Å². The lowest BCUT2D eigenvalue weighted by Crippen LogP contribution is -2.09. The summed E-state index contributed by atoms with van der Waals surface area (Å²) in [6.07, 6.45) is 0.899. The standard InChI is InChI=1S/C18H23NO2/c1-14-3-4-15(2)18(13-14)21-12-11-20-17-7-5-16(6-8-17)9-10-19/h3-8,13H,9-12,19H2,1-2H3. The van der Waals surface area contributed by atoms with Gasteiger partial charge in [0.25, 0.3) is 0 Å². The van der Waals surface area contributed by atoms with Crippen LogP contribution in [0.15, 0.2) is 42.5 Å². The van der Waals surface area contributed by atoms with Crippen LogP contribution in [-0.2, 0) is 6.42 Å². The van der Waals surface area contributed by atoms with E-state index in [0.29, 0.717) is 19.8 Å². The molecular weight excluding hydrogens is 262 g/mol. The second kappa shape index (κ2) is 7.70. The van der Waals surface area contributed by atoms with E-state index in [2.05, 4.69) is 25.1 Å². The largest absolute Gasteiger partial charge is 0.490 e. The first-order valence-electron chi connectivity index (χ1n) is 7.31. The van der Waals surface area contributed by atoms with Crippen molar-refractivity contribution in [3.8, 4) is 11.5 Å². The quantitative estimate of drug-likeness (QED) is 0.794. The molecule has 0 saturated carbocycles. The summed E-state index contributed by atoms with van der Waals surface area (Å²) in [5.41, 5.74) is 9.11. The normalized spacial score (nSPS) is 10.4. The predicted octanol–water partition coefficient (Wildman–Crippen LogP) is 3.26. The van der Waals surface area contributed by atoms with Gasteiger partial charge in [-0.2, -0.15) is 0 Å². The number of rotatable bonds is 7. The van der Waals surface area contributed by atoms with Crippen molar-refractivity contribution in [3.63, 3.8) is 0 Å². The third kappa shape index (κ3) is 4.80. The van der Waals surface area contributed by atoms with Crippen LogP contribution < -0.4 is 15.2 Å². The van der Waals surface area contributed by atoms with E-state index in [1.807, 2.05) is 31.2 Å². The van der Waals surface area contributed by atoms with Crippen molar-refractivity contribution in [2.45, 2.75) is 20.3 Å². The van der Waals surface area contributed by atoms with Crippen LogP contribution in [0, 0.1) is 13.8 Å². The molecule has 2 rings (SSSR count). The molecule has 3 nitrogen and oxygen atoms in total. The Morgan fingerprint density at radius 3 is 2.33 bits per heavy atom. The maximum Gasteiger partial charge on any atom is 0.122 e. The molecule has 0 bridgehead atoms. The number of nitrogens with two attached hydrogens (primary N) is 1. The minimum absolute atomic E-state index is 0.531. The van der Waals surface area contributed by atoms with Crippen LogP contribution in [0.2, 0.25) is 0 Å². The van der Waals surface area contributed by atoms with Gasteiger partial charge < -0.3 is 15.2 Å². The molecule has 112 valence electrons. The molecule has 3 heteroatoms. The van der Waals surface area contributed by atoms with Crippen molar-refractivity contribution in [2.24, 2.45) is 5.73 Å². The number of hydrogen-bond donors (Lipinski definition) is 1. The minimum atomic E-state index is 0.531. The third-order valence-corrected chi connectivity index (χ3v) is 3.31. The van der Waals surface area contributed by atoms with Gasteiger partial charge in [0.15, 0.2) is 0 Å². The van der Waals surface area contributed by atoms with Gasteiger partial charge in [-0.25, -0.2) is 0 Å². The van der Waals surface area contributed by atoms with Gasteiger partial charge in [0, 0.05) is 0 Å². The molecule has 0 aliphatic carbocycles. The van der Waals surface area contributed by atoms with Crippen LogP contribution in [0.1, 0.15) is 16.7 Å². The van der Waals surface area contributed by atoms with E-state index in [9.17, 15) is 0 Å². The SMILES string of the molecule is Cc1ccc(C)c(OCCOc2ccc(CCN)cc2)c1. The fourth-order valence-electron chi connectivity index (χ4n) is 2.09.